The Hall–Kier alpha value is -3.95. The highest BCUT2D eigenvalue weighted by atomic mass is 16.3. The maximum Gasteiger partial charge on any atom is 0.290 e. The Balaban J connectivity index is 0.000000868. The fraction of sp³-hybridized carbons (Fsp3) is 0.375. The van der Waals surface area contributed by atoms with Crippen LogP contribution in [0.3, 0.4) is 0 Å². The summed E-state index contributed by atoms with van der Waals surface area (Å²) in [6, 6.07) is 14.1. The van der Waals surface area contributed by atoms with Crippen molar-refractivity contribution in [2.24, 2.45) is 11.8 Å². The first-order valence-electron chi connectivity index (χ1n) is 11.3. The van der Waals surface area contributed by atoms with E-state index < -0.39 is 0 Å². The molecule has 3 N–H and O–H groups in total. The Morgan fingerprint density at radius 1 is 1.18 bits per heavy atom. The summed E-state index contributed by atoms with van der Waals surface area (Å²) in [4.78, 5) is 34.7. The summed E-state index contributed by atoms with van der Waals surface area (Å²) >= 11 is 0. The highest BCUT2D eigenvalue weighted by Gasteiger charge is 2.49. The van der Waals surface area contributed by atoms with Crippen LogP contribution in [0, 0.1) is 18.8 Å². The van der Waals surface area contributed by atoms with Crippen molar-refractivity contribution in [3.63, 3.8) is 0 Å². The number of aromatic nitrogens is 4. The van der Waals surface area contributed by atoms with Crippen molar-refractivity contribution in [2.75, 3.05) is 30.3 Å². The highest BCUT2D eigenvalue weighted by Crippen LogP contribution is 2.46. The molecule has 0 unspecified atom stereocenters. The second-order valence-electron chi connectivity index (χ2n) is 8.53. The molecular formula is C24H29N7O3. The third-order valence-corrected chi connectivity index (χ3v) is 6.43. The number of likely N-dealkylation sites (tertiary alicyclic amines) is 1. The minimum atomic E-state index is -0.250. The Kier molecular flexibility index (Phi) is 6.76. The molecule has 0 bridgehead atoms. The van der Waals surface area contributed by atoms with Crippen LogP contribution in [0.4, 0.5) is 11.8 Å². The molecule has 1 aromatic carbocycles. The zero-order valence-electron chi connectivity index (χ0n) is 19.3. The molecule has 0 spiro atoms. The Morgan fingerprint density at radius 3 is 2.56 bits per heavy atom. The lowest BCUT2D eigenvalue weighted by Gasteiger charge is -2.30. The van der Waals surface area contributed by atoms with E-state index in [4.69, 9.17) is 15.6 Å². The predicted molar refractivity (Wildman–Crippen MR) is 127 cm³/mol. The van der Waals surface area contributed by atoms with E-state index in [0.29, 0.717) is 30.0 Å². The molecule has 10 nitrogen and oxygen atoms in total. The summed E-state index contributed by atoms with van der Waals surface area (Å²) in [6.07, 6.45) is 1.87. The van der Waals surface area contributed by atoms with Gasteiger partial charge in [-0.15, -0.1) is 0 Å². The number of nitrogens with zero attached hydrogens (tertiary/aromatic N) is 6. The Bertz CT molecular complexity index is 1130. The van der Waals surface area contributed by atoms with Crippen molar-refractivity contribution in [2.45, 2.75) is 26.4 Å². The average molecular weight is 464 g/mol. The van der Waals surface area contributed by atoms with E-state index in [0.717, 1.165) is 31.1 Å². The molecule has 0 radical (unpaired) electrons. The zero-order valence-corrected chi connectivity index (χ0v) is 19.3. The molecule has 1 amide bonds. The summed E-state index contributed by atoms with van der Waals surface area (Å²) in [5.41, 5.74) is 8.43. The van der Waals surface area contributed by atoms with Gasteiger partial charge in [0.25, 0.3) is 12.4 Å². The fourth-order valence-corrected chi connectivity index (χ4v) is 5.05. The summed E-state index contributed by atoms with van der Waals surface area (Å²) in [5, 5.41) is 11.4. The maximum absolute atomic E-state index is 13.4. The Morgan fingerprint density at radius 2 is 1.91 bits per heavy atom. The smallest absolute Gasteiger partial charge is 0.290 e. The van der Waals surface area contributed by atoms with Gasteiger partial charge in [0, 0.05) is 56.0 Å². The molecule has 3 atom stereocenters. The van der Waals surface area contributed by atoms with E-state index in [1.165, 1.54) is 5.56 Å². The molecular weight excluding hydrogens is 434 g/mol. The van der Waals surface area contributed by atoms with E-state index >= 15 is 0 Å². The third-order valence-electron chi connectivity index (χ3n) is 6.43. The quantitative estimate of drug-likeness (QED) is 0.563. The van der Waals surface area contributed by atoms with Crippen LogP contribution in [0.5, 0.6) is 0 Å². The molecule has 2 fully saturated rings. The fourth-order valence-electron chi connectivity index (χ4n) is 5.05. The van der Waals surface area contributed by atoms with E-state index in [9.17, 15) is 4.79 Å². The number of fused-ring (bicyclic) bond motifs is 1. The first kappa shape index (κ1) is 23.2. The van der Waals surface area contributed by atoms with E-state index in [1.54, 1.807) is 4.68 Å². The second kappa shape index (κ2) is 9.90. The lowest BCUT2D eigenvalue weighted by Crippen LogP contribution is -2.36. The van der Waals surface area contributed by atoms with Gasteiger partial charge in [-0.05, 0) is 25.5 Å². The normalized spacial score (nSPS) is 21.1. The van der Waals surface area contributed by atoms with Gasteiger partial charge in [0.2, 0.25) is 5.95 Å². The molecule has 2 aliphatic heterocycles. The maximum atomic E-state index is 13.4. The first-order valence-corrected chi connectivity index (χ1v) is 11.3. The number of amides is 1. The number of anilines is 2. The first-order chi connectivity index (χ1) is 16.4. The molecule has 5 rings (SSSR count). The van der Waals surface area contributed by atoms with Crippen LogP contribution < -0.4 is 10.6 Å². The molecule has 178 valence electrons. The number of carbonyl (C=O) groups is 2. The molecule has 34 heavy (non-hydrogen) atoms. The van der Waals surface area contributed by atoms with Gasteiger partial charge in [0.1, 0.15) is 11.5 Å². The third kappa shape index (κ3) is 4.57. The number of nitrogen functional groups attached to an aromatic ring is 1. The van der Waals surface area contributed by atoms with Gasteiger partial charge in [-0.1, -0.05) is 30.3 Å². The summed E-state index contributed by atoms with van der Waals surface area (Å²) in [6.45, 7) is 6.82. The second-order valence-corrected chi connectivity index (χ2v) is 8.53. The number of rotatable bonds is 4. The summed E-state index contributed by atoms with van der Waals surface area (Å²) in [5.74, 6) is 1.85. The molecule has 10 heteroatoms. The molecule has 3 aromatic rings. The van der Waals surface area contributed by atoms with Gasteiger partial charge in [-0.25, -0.2) is 4.98 Å². The number of hydrogen-bond donors (Lipinski definition) is 2. The summed E-state index contributed by atoms with van der Waals surface area (Å²) in [7, 11) is 0. The van der Waals surface area contributed by atoms with Gasteiger partial charge >= 0.3 is 0 Å². The van der Waals surface area contributed by atoms with Crippen LogP contribution in [0.25, 0.3) is 0 Å². The lowest BCUT2D eigenvalue weighted by atomic mass is 9.89. The van der Waals surface area contributed by atoms with Crippen molar-refractivity contribution >= 4 is 24.1 Å². The van der Waals surface area contributed by atoms with Gasteiger partial charge in [0.15, 0.2) is 0 Å². The number of aryl methyl sites for hydroxylation is 2. The zero-order chi connectivity index (χ0) is 24.2. The Labute approximate surface area is 198 Å². The monoisotopic (exact) mass is 463 g/mol. The van der Waals surface area contributed by atoms with E-state index in [-0.39, 0.29) is 18.4 Å². The summed E-state index contributed by atoms with van der Waals surface area (Å²) < 4.78 is 1.80. The van der Waals surface area contributed by atoms with E-state index in [2.05, 4.69) is 32.1 Å². The van der Waals surface area contributed by atoms with Crippen LogP contribution in [0.2, 0.25) is 0 Å². The topological polar surface area (TPSA) is 130 Å². The standard InChI is InChI=1S/C23H27N7O.CH2O2/c1-3-29-10-9-19(27-29)22(31)30-13-17-12-28(20-11-15(2)25-23(24)26-20)14-18(17)21(30)16-7-5-4-6-8-16;2-1-3/h4-11,17-18,21H,3,12-14H2,1-2H3,(H2,24,25,26);1H,(H,2,3)/t17-,18-,21-;/m0./s1. The van der Waals surface area contributed by atoms with Crippen molar-refractivity contribution in [1.29, 1.82) is 0 Å². The number of nitrogens with two attached hydrogens (primary N) is 1. The van der Waals surface area contributed by atoms with Crippen LogP contribution >= 0.6 is 0 Å². The number of hydrogen-bond acceptors (Lipinski definition) is 7. The molecule has 4 heterocycles. The number of carboxylic acid groups (broad SMARTS) is 1. The van der Waals surface area contributed by atoms with Gasteiger partial charge in [-0.2, -0.15) is 10.1 Å². The van der Waals surface area contributed by atoms with Crippen molar-refractivity contribution in [3.05, 3.63) is 65.6 Å². The molecule has 2 aliphatic rings. The lowest BCUT2D eigenvalue weighted by molar-refractivity contribution is -0.122. The largest absolute Gasteiger partial charge is 0.483 e. The van der Waals surface area contributed by atoms with Crippen LogP contribution in [-0.4, -0.2) is 61.8 Å². The van der Waals surface area contributed by atoms with Crippen molar-refractivity contribution < 1.29 is 14.7 Å². The van der Waals surface area contributed by atoms with Crippen LogP contribution in [0.1, 0.15) is 34.7 Å². The minimum Gasteiger partial charge on any atom is -0.483 e. The van der Waals surface area contributed by atoms with Gasteiger partial charge < -0.3 is 20.6 Å². The number of carbonyl (C=O) groups excluding carboxylic acids is 1. The predicted octanol–water partition coefficient (Wildman–Crippen LogP) is 2.23. The number of benzene rings is 1. The van der Waals surface area contributed by atoms with Crippen molar-refractivity contribution in [1.82, 2.24) is 24.6 Å². The SMILES string of the molecule is CCn1ccc(C(=O)N2C[C@@H]3CN(c4cc(C)nc(N)n4)C[C@@H]3[C@@H]2c2ccccc2)n1.O=CO. The van der Waals surface area contributed by atoms with Crippen LogP contribution in [-0.2, 0) is 11.3 Å². The minimum absolute atomic E-state index is 0.00382. The van der Waals surface area contributed by atoms with E-state index in [1.807, 2.05) is 55.3 Å². The molecule has 0 aliphatic carbocycles. The van der Waals surface area contributed by atoms with Gasteiger partial charge in [-0.3, -0.25) is 14.3 Å². The van der Waals surface area contributed by atoms with Crippen molar-refractivity contribution in [3.8, 4) is 0 Å². The molecule has 2 aromatic heterocycles. The van der Waals surface area contributed by atoms with Crippen LogP contribution in [0.15, 0.2) is 48.7 Å². The van der Waals surface area contributed by atoms with Gasteiger partial charge in [0.05, 0.1) is 6.04 Å². The molecule has 0 saturated carbocycles. The average Bonchev–Trinajstić information content (AvgIpc) is 3.53. The molecule has 2 saturated heterocycles. The highest BCUT2D eigenvalue weighted by molar-refractivity contribution is 5.92.